The third kappa shape index (κ3) is 7.29. The van der Waals surface area contributed by atoms with Crippen LogP contribution in [0.1, 0.15) is 26.3 Å². The van der Waals surface area contributed by atoms with E-state index in [9.17, 15) is 13.9 Å². The molecule has 0 bridgehead atoms. The van der Waals surface area contributed by atoms with Crippen LogP contribution in [0.15, 0.2) is 61.2 Å². The molecule has 1 atom stereocenters. The second-order valence-electron chi connectivity index (χ2n) is 12.7. The molecule has 2 aliphatic heterocycles. The second-order valence-corrected chi connectivity index (χ2v) is 12.7. The maximum atomic E-state index is 13.0. The second kappa shape index (κ2) is 14.5. The molecule has 16 heteroatoms. The maximum absolute atomic E-state index is 13.0. The van der Waals surface area contributed by atoms with Crippen molar-refractivity contribution in [3.8, 4) is 28.5 Å². The van der Waals surface area contributed by atoms with Gasteiger partial charge in [0.25, 0.3) is 0 Å². The summed E-state index contributed by atoms with van der Waals surface area (Å²) in [5.41, 5.74) is 3.79. The Morgan fingerprint density at radius 3 is 2.02 bits per heavy atom. The topological polar surface area (TPSA) is 163 Å². The summed E-state index contributed by atoms with van der Waals surface area (Å²) in [6, 6.07) is 10.7. The van der Waals surface area contributed by atoms with E-state index in [1.807, 2.05) is 30.0 Å². The Morgan fingerprint density at radius 1 is 0.824 bits per heavy atom. The average molecular weight is 701 g/mol. The summed E-state index contributed by atoms with van der Waals surface area (Å²) in [5, 5.41) is 25.8. The number of halogens is 2. The summed E-state index contributed by atoms with van der Waals surface area (Å²) in [4.78, 5) is 22.6. The Balaban J connectivity index is 0.000000159. The molecule has 0 aliphatic carbocycles. The molecule has 2 saturated heterocycles. The van der Waals surface area contributed by atoms with Gasteiger partial charge in [-0.3, -0.25) is 20.2 Å². The van der Waals surface area contributed by atoms with Gasteiger partial charge in [-0.2, -0.15) is 19.0 Å². The Morgan fingerprint density at radius 2 is 1.43 bits per heavy atom. The zero-order chi connectivity index (χ0) is 35.5. The molecule has 0 aromatic carbocycles. The highest BCUT2D eigenvalue weighted by molar-refractivity contribution is 5.96. The zero-order valence-electron chi connectivity index (χ0n) is 28.4. The van der Waals surface area contributed by atoms with E-state index >= 15 is 0 Å². The van der Waals surface area contributed by atoms with Gasteiger partial charge in [-0.15, -0.1) is 0 Å². The van der Waals surface area contributed by atoms with Crippen LogP contribution >= 0.6 is 0 Å². The monoisotopic (exact) mass is 700 g/mol. The highest BCUT2D eigenvalue weighted by Crippen LogP contribution is 2.36. The van der Waals surface area contributed by atoms with Crippen LogP contribution in [0.3, 0.4) is 0 Å². The summed E-state index contributed by atoms with van der Waals surface area (Å²) in [6.07, 6.45) is 6.57. The smallest absolute Gasteiger partial charge is 0.387 e. The number of H-pyrrole nitrogens is 2. The summed E-state index contributed by atoms with van der Waals surface area (Å²) in [5.74, 6) is 1.46. The number of anilines is 2. The van der Waals surface area contributed by atoms with Crippen LogP contribution in [-0.4, -0.2) is 104 Å². The van der Waals surface area contributed by atoms with E-state index in [-0.39, 0.29) is 11.8 Å². The molecular weight excluding hydrogens is 662 g/mol. The minimum Gasteiger partial charge on any atom is -0.434 e. The molecule has 0 spiro atoms. The third-order valence-corrected chi connectivity index (χ3v) is 8.77. The van der Waals surface area contributed by atoms with Gasteiger partial charge in [-0.25, -0.2) is 9.97 Å². The van der Waals surface area contributed by atoms with Gasteiger partial charge in [0.05, 0.1) is 49.5 Å². The van der Waals surface area contributed by atoms with Crippen LogP contribution in [0.4, 0.5) is 20.4 Å². The minimum atomic E-state index is -2.93. The predicted molar refractivity (Wildman–Crippen MR) is 187 cm³/mol. The summed E-state index contributed by atoms with van der Waals surface area (Å²) < 4.78 is 41.6. The lowest BCUT2D eigenvalue weighted by Gasteiger charge is -2.34. The first kappa shape index (κ1) is 34.1. The molecule has 14 nitrogen and oxygen atoms in total. The van der Waals surface area contributed by atoms with Crippen LogP contribution in [0, 0.1) is 0 Å². The number of morpholine rings is 2. The van der Waals surface area contributed by atoms with Gasteiger partial charge < -0.3 is 29.1 Å². The molecule has 2 fully saturated rings. The largest absolute Gasteiger partial charge is 0.434 e. The number of aliphatic hydroxyl groups is 1. The lowest BCUT2D eigenvalue weighted by molar-refractivity contribution is -0.0488. The van der Waals surface area contributed by atoms with Crippen LogP contribution < -0.4 is 14.5 Å². The Hall–Kier alpha value is -5.32. The van der Waals surface area contributed by atoms with E-state index in [0.717, 1.165) is 46.8 Å². The molecule has 0 unspecified atom stereocenters. The van der Waals surface area contributed by atoms with E-state index in [4.69, 9.17) is 24.2 Å². The van der Waals surface area contributed by atoms with Gasteiger partial charge in [-0.1, -0.05) is 0 Å². The molecule has 0 radical (unpaired) electrons. The van der Waals surface area contributed by atoms with Crippen LogP contribution in [0.25, 0.3) is 44.6 Å². The minimum absolute atomic E-state index is 0.0698. The number of hydrogen-bond donors (Lipinski definition) is 3. The van der Waals surface area contributed by atoms with E-state index in [2.05, 4.69) is 35.3 Å². The number of hydrogen-bond acceptors (Lipinski definition) is 12. The van der Waals surface area contributed by atoms with Crippen LogP contribution in [-0.2, 0) is 15.1 Å². The lowest BCUT2D eigenvalue weighted by Crippen LogP contribution is -2.44. The van der Waals surface area contributed by atoms with Crippen molar-refractivity contribution >= 4 is 33.4 Å². The van der Waals surface area contributed by atoms with Gasteiger partial charge in [0.1, 0.15) is 39.8 Å². The molecular formula is C35H38F2N10O4. The number of fused-ring (bicyclic) bond motifs is 2. The Bertz CT molecular complexity index is 2080. The van der Waals surface area contributed by atoms with Crippen molar-refractivity contribution in [2.24, 2.45) is 0 Å². The number of pyridine rings is 4. The van der Waals surface area contributed by atoms with E-state index in [1.165, 1.54) is 6.20 Å². The molecule has 3 N–H and O–H groups in total. The molecule has 0 amide bonds. The summed E-state index contributed by atoms with van der Waals surface area (Å²) >= 11 is 0. The predicted octanol–water partition coefficient (Wildman–Crippen LogP) is 4.93. The van der Waals surface area contributed by atoms with Gasteiger partial charge >= 0.3 is 6.61 Å². The normalized spacial score (nSPS) is 16.8. The maximum Gasteiger partial charge on any atom is 0.387 e. The standard InChI is InChI=1S/C18H21N5O2.C17H17F2N5O2/c1-18(2,24)13-11-15(23-7-9-25-10-8-23)21-16-12(13)3-5-19-17(16)14-4-6-20-22-14;1-10-9-25-7-6-24(10)14-8-13(26-17(18)19)11-2-4-20-16(15(11)22-14)12-3-5-21-23-12/h3-6,11,24H,7-10H2,1-2H3,(H,20,22);2-5,8,10,17H,6-7,9H2,1H3,(H,21,23)/t;10-/m.1/s1. The summed E-state index contributed by atoms with van der Waals surface area (Å²) in [6.45, 7) is 7.29. The molecule has 266 valence electrons. The quantitative estimate of drug-likeness (QED) is 0.206. The molecule has 6 aromatic rings. The fraction of sp³-hybridized carbons (Fsp3) is 0.371. The third-order valence-electron chi connectivity index (χ3n) is 8.77. The molecule has 2 aliphatic rings. The van der Waals surface area contributed by atoms with Crippen molar-refractivity contribution < 1.29 is 28.1 Å². The van der Waals surface area contributed by atoms with Crippen molar-refractivity contribution in [3.63, 3.8) is 0 Å². The van der Waals surface area contributed by atoms with E-state index in [1.54, 1.807) is 50.6 Å². The number of aromatic nitrogens is 8. The number of nitrogens with one attached hydrogen (secondary N) is 2. The van der Waals surface area contributed by atoms with Crippen LogP contribution in [0.5, 0.6) is 5.75 Å². The lowest BCUT2D eigenvalue weighted by atomic mass is 9.94. The SMILES string of the molecule is CC(C)(O)c1cc(N2CCOCC2)nc2c(-c3ccn[nH]3)nccc12.C[C@@H]1COCCN1c1cc(OC(F)F)c2ccnc(-c3ccn[nH]3)c2n1. The van der Waals surface area contributed by atoms with Crippen molar-refractivity contribution in [1.29, 1.82) is 0 Å². The van der Waals surface area contributed by atoms with Gasteiger partial charge in [-0.05, 0) is 56.7 Å². The van der Waals surface area contributed by atoms with Crippen molar-refractivity contribution in [2.45, 2.75) is 39.0 Å². The van der Waals surface area contributed by atoms with E-state index in [0.29, 0.717) is 61.1 Å². The van der Waals surface area contributed by atoms with Gasteiger partial charge in [0.15, 0.2) is 0 Å². The number of nitrogens with zero attached hydrogens (tertiary/aromatic N) is 8. The van der Waals surface area contributed by atoms with Gasteiger partial charge in [0.2, 0.25) is 0 Å². The number of alkyl halides is 2. The number of ether oxygens (including phenoxy) is 3. The van der Waals surface area contributed by atoms with Crippen molar-refractivity contribution in [3.05, 3.63) is 66.7 Å². The molecule has 6 aromatic heterocycles. The number of aromatic amines is 2. The van der Waals surface area contributed by atoms with Crippen LogP contribution in [0.2, 0.25) is 0 Å². The average Bonchev–Trinajstić information content (AvgIpc) is 3.87. The van der Waals surface area contributed by atoms with Crippen molar-refractivity contribution in [1.82, 2.24) is 40.3 Å². The molecule has 8 rings (SSSR count). The molecule has 0 saturated carbocycles. The number of rotatable bonds is 7. The first-order valence-corrected chi connectivity index (χ1v) is 16.6. The summed E-state index contributed by atoms with van der Waals surface area (Å²) in [7, 11) is 0. The van der Waals surface area contributed by atoms with Crippen molar-refractivity contribution in [2.75, 3.05) is 55.9 Å². The first-order valence-electron chi connectivity index (χ1n) is 16.6. The van der Waals surface area contributed by atoms with Gasteiger partial charge in [0, 0.05) is 61.3 Å². The van der Waals surface area contributed by atoms with E-state index < -0.39 is 12.2 Å². The first-order chi connectivity index (χ1) is 24.7. The molecule has 51 heavy (non-hydrogen) atoms. The Labute approximate surface area is 291 Å². The zero-order valence-corrected chi connectivity index (χ0v) is 28.4. The fourth-order valence-corrected chi connectivity index (χ4v) is 6.28. The fourth-order valence-electron chi connectivity index (χ4n) is 6.28. The highest BCUT2D eigenvalue weighted by atomic mass is 19.3. The highest BCUT2D eigenvalue weighted by Gasteiger charge is 2.26. The Kier molecular flexibility index (Phi) is 9.71. The molecule has 8 heterocycles.